The second-order valence-corrected chi connectivity index (χ2v) is 6.53. The Morgan fingerprint density at radius 1 is 1.35 bits per heavy atom. The highest BCUT2D eigenvalue weighted by Gasteiger charge is 2.48. The highest BCUT2D eigenvalue weighted by molar-refractivity contribution is 5.14. The van der Waals surface area contributed by atoms with Crippen molar-refractivity contribution in [3.8, 4) is 0 Å². The van der Waals surface area contributed by atoms with Crippen molar-refractivity contribution in [3.63, 3.8) is 0 Å². The van der Waals surface area contributed by atoms with Crippen molar-refractivity contribution >= 4 is 0 Å². The zero-order valence-electron chi connectivity index (χ0n) is 12.9. The molecule has 1 aromatic carbocycles. The Kier molecular flexibility index (Phi) is 5.19. The fraction of sp³-hybridized carbons (Fsp3) is 0.647. The van der Waals surface area contributed by atoms with Gasteiger partial charge in [-0.3, -0.25) is 0 Å². The summed E-state index contributed by atoms with van der Waals surface area (Å²) in [6, 6.07) is 11.3. The van der Waals surface area contributed by atoms with Crippen LogP contribution in [0.15, 0.2) is 30.3 Å². The Morgan fingerprint density at radius 2 is 2.05 bits per heavy atom. The van der Waals surface area contributed by atoms with Crippen LogP contribution in [0.3, 0.4) is 0 Å². The number of hydrogen-bond donors (Lipinski definition) is 2. The Balaban J connectivity index is 1.67. The maximum Gasteiger partial charge on any atom is 0.0652 e. The van der Waals surface area contributed by atoms with Crippen LogP contribution in [0.25, 0.3) is 0 Å². The molecule has 0 spiro atoms. The summed E-state index contributed by atoms with van der Waals surface area (Å²) >= 11 is 0. The molecule has 0 aromatic heterocycles. The minimum Gasteiger partial charge on any atom is -0.381 e. The third kappa shape index (κ3) is 3.60. The second kappa shape index (κ2) is 6.70. The van der Waals surface area contributed by atoms with E-state index in [9.17, 15) is 0 Å². The van der Waals surface area contributed by atoms with E-state index in [0.717, 1.165) is 25.8 Å². The highest BCUT2D eigenvalue weighted by atomic mass is 16.5. The van der Waals surface area contributed by atoms with Gasteiger partial charge in [0.1, 0.15) is 0 Å². The van der Waals surface area contributed by atoms with E-state index in [-0.39, 0.29) is 11.5 Å². The summed E-state index contributed by atoms with van der Waals surface area (Å²) in [6.45, 7) is 5.41. The molecule has 1 saturated carbocycles. The fourth-order valence-electron chi connectivity index (χ4n) is 3.02. The third-order valence-electron chi connectivity index (χ3n) is 4.74. The second-order valence-electron chi connectivity index (χ2n) is 6.53. The Hall–Kier alpha value is -0.900. The molecule has 20 heavy (non-hydrogen) atoms. The van der Waals surface area contributed by atoms with Crippen LogP contribution in [0.2, 0.25) is 0 Å². The van der Waals surface area contributed by atoms with Crippen LogP contribution < -0.4 is 11.1 Å². The summed E-state index contributed by atoms with van der Waals surface area (Å²) in [5.41, 5.74) is 7.79. The lowest BCUT2D eigenvalue weighted by Gasteiger charge is -2.51. The molecule has 3 atom stereocenters. The number of rotatable bonds is 7. The molecule has 2 rings (SSSR count). The van der Waals surface area contributed by atoms with E-state index in [0.29, 0.717) is 12.1 Å². The van der Waals surface area contributed by atoms with E-state index in [1.54, 1.807) is 7.11 Å². The van der Waals surface area contributed by atoms with Crippen molar-refractivity contribution in [1.82, 2.24) is 5.32 Å². The summed E-state index contributed by atoms with van der Waals surface area (Å²) in [4.78, 5) is 0. The third-order valence-corrected chi connectivity index (χ3v) is 4.74. The van der Waals surface area contributed by atoms with Crippen molar-refractivity contribution in [2.45, 2.75) is 51.3 Å². The molecular weight excluding hydrogens is 248 g/mol. The molecular formula is C17H28N2O. The van der Waals surface area contributed by atoms with Crippen LogP contribution in [-0.4, -0.2) is 31.8 Å². The minimum absolute atomic E-state index is 0.215. The SMILES string of the molecule is COC1CC(NCC(N)CCc2ccccc2)C1(C)C. The van der Waals surface area contributed by atoms with Gasteiger partial charge in [0.25, 0.3) is 0 Å². The van der Waals surface area contributed by atoms with Gasteiger partial charge in [-0.1, -0.05) is 44.2 Å². The van der Waals surface area contributed by atoms with Crippen molar-refractivity contribution < 1.29 is 4.74 Å². The van der Waals surface area contributed by atoms with Gasteiger partial charge in [-0.05, 0) is 24.8 Å². The van der Waals surface area contributed by atoms with Gasteiger partial charge in [0.05, 0.1) is 6.10 Å². The molecule has 1 aromatic rings. The molecule has 3 nitrogen and oxygen atoms in total. The number of methoxy groups -OCH3 is 1. The number of hydrogen-bond acceptors (Lipinski definition) is 3. The average molecular weight is 276 g/mol. The molecule has 0 heterocycles. The molecule has 0 saturated heterocycles. The van der Waals surface area contributed by atoms with Gasteiger partial charge in [-0.15, -0.1) is 0 Å². The number of nitrogens with one attached hydrogen (secondary N) is 1. The van der Waals surface area contributed by atoms with E-state index in [4.69, 9.17) is 10.5 Å². The molecule has 112 valence electrons. The lowest BCUT2D eigenvalue weighted by atomic mass is 9.64. The zero-order chi connectivity index (χ0) is 14.6. The topological polar surface area (TPSA) is 47.3 Å². The maximum absolute atomic E-state index is 6.21. The first kappa shape index (κ1) is 15.5. The summed E-state index contributed by atoms with van der Waals surface area (Å²) in [5, 5.41) is 3.60. The van der Waals surface area contributed by atoms with Crippen LogP contribution in [0.1, 0.15) is 32.3 Å². The first-order valence-corrected chi connectivity index (χ1v) is 7.59. The van der Waals surface area contributed by atoms with E-state index in [1.807, 2.05) is 0 Å². The van der Waals surface area contributed by atoms with Gasteiger partial charge < -0.3 is 15.8 Å². The summed E-state index contributed by atoms with van der Waals surface area (Å²) in [7, 11) is 1.80. The number of nitrogens with two attached hydrogens (primary N) is 1. The van der Waals surface area contributed by atoms with Crippen molar-refractivity contribution in [2.75, 3.05) is 13.7 Å². The number of aryl methyl sites for hydroxylation is 1. The minimum atomic E-state index is 0.215. The Labute approximate surface area is 122 Å². The monoisotopic (exact) mass is 276 g/mol. The first-order valence-electron chi connectivity index (χ1n) is 7.59. The van der Waals surface area contributed by atoms with Crippen molar-refractivity contribution in [2.24, 2.45) is 11.1 Å². The van der Waals surface area contributed by atoms with Gasteiger partial charge >= 0.3 is 0 Å². The molecule has 1 fully saturated rings. The van der Waals surface area contributed by atoms with E-state index < -0.39 is 0 Å². The van der Waals surface area contributed by atoms with Gasteiger partial charge in [0, 0.05) is 31.2 Å². The molecule has 0 amide bonds. The van der Waals surface area contributed by atoms with Crippen LogP contribution in [0.5, 0.6) is 0 Å². The predicted octanol–water partition coefficient (Wildman–Crippen LogP) is 2.35. The van der Waals surface area contributed by atoms with Crippen molar-refractivity contribution in [3.05, 3.63) is 35.9 Å². The molecule has 3 heteroatoms. The first-order chi connectivity index (χ1) is 9.54. The van der Waals surface area contributed by atoms with Crippen LogP contribution in [-0.2, 0) is 11.2 Å². The standard InChI is InChI=1S/C17H28N2O/c1-17(2)15(11-16(17)20-3)19-12-14(18)10-9-13-7-5-4-6-8-13/h4-8,14-16,19H,9-12,18H2,1-3H3. The number of benzene rings is 1. The average Bonchev–Trinajstić information content (AvgIpc) is 2.45. The molecule has 0 bridgehead atoms. The lowest BCUT2D eigenvalue weighted by Crippen LogP contribution is -2.61. The van der Waals surface area contributed by atoms with Crippen molar-refractivity contribution in [1.29, 1.82) is 0 Å². The molecule has 3 N–H and O–H groups in total. The van der Waals surface area contributed by atoms with Gasteiger partial charge in [-0.2, -0.15) is 0 Å². The molecule has 1 aliphatic rings. The maximum atomic E-state index is 6.21. The van der Waals surface area contributed by atoms with Crippen LogP contribution >= 0.6 is 0 Å². The zero-order valence-corrected chi connectivity index (χ0v) is 12.9. The summed E-state index contributed by atoms with van der Waals surface area (Å²) < 4.78 is 5.47. The molecule has 1 aliphatic carbocycles. The Bertz CT molecular complexity index is 405. The largest absolute Gasteiger partial charge is 0.381 e. The van der Waals surface area contributed by atoms with Gasteiger partial charge in [0.15, 0.2) is 0 Å². The van der Waals surface area contributed by atoms with Gasteiger partial charge in [0.2, 0.25) is 0 Å². The smallest absolute Gasteiger partial charge is 0.0652 e. The van der Waals surface area contributed by atoms with E-state index in [2.05, 4.69) is 49.5 Å². The number of ether oxygens (including phenoxy) is 1. The highest BCUT2D eigenvalue weighted by Crippen LogP contribution is 2.42. The normalized spacial score (nSPS) is 26.0. The summed E-state index contributed by atoms with van der Waals surface area (Å²) in [6.07, 6.45) is 3.55. The molecule has 0 radical (unpaired) electrons. The fourth-order valence-corrected chi connectivity index (χ4v) is 3.02. The predicted molar refractivity (Wildman–Crippen MR) is 83.7 cm³/mol. The molecule has 0 aliphatic heterocycles. The van der Waals surface area contributed by atoms with Crippen LogP contribution in [0, 0.1) is 5.41 Å². The summed E-state index contributed by atoms with van der Waals surface area (Å²) in [5.74, 6) is 0. The van der Waals surface area contributed by atoms with Gasteiger partial charge in [-0.25, -0.2) is 0 Å². The van der Waals surface area contributed by atoms with E-state index in [1.165, 1.54) is 5.56 Å². The van der Waals surface area contributed by atoms with Crippen LogP contribution in [0.4, 0.5) is 0 Å². The molecule has 3 unspecified atom stereocenters. The van der Waals surface area contributed by atoms with E-state index >= 15 is 0 Å². The Morgan fingerprint density at radius 3 is 2.65 bits per heavy atom. The quantitative estimate of drug-likeness (QED) is 0.803. The lowest BCUT2D eigenvalue weighted by molar-refractivity contribution is -0.0975.